The van der Waals surface area contributed by atoms with Crippen LogP contribution in [-0.2, 0) is 7.05 Å². The Hall–Kier alpha value is -3.46. The van der Waals surface area contributed by atoms with Gasteiger partial charge in [-0.05, 0) is 37.3 Å². The Balaban J connectivity index is 1.64. The average molecular weight is 411 g/mol. The van der Waals surface area contributed by atoms with Crippen molar-refractivity contribution >= 4 is 17.5 Å². The van der Waals surface area contributed by atoms with E-state index in [4.69, 9.17) is 11.6 Å². The summed E-state index contributed by atoms with van der Waals surface area (Å²) in [5.74, 6) is 1.87. The van der Waals surface area contributed by atoms with Crippen LogP contribution in [0.1, 0.15) is 18.8 Å². The molecule has 0 saturated carbocycles. The van der Waals surface area contributed by atoms with Gasteiger partial charge in [-0.25, -0.2) is 4.79 Å². The van der Waals surface area contributed by atoms with E-state index < -0.39 is 0 Å². The van der Waals surface area contributed by atoms with Gasteiger partial charge in [-0.3, -0.25) is 14.5 Å². The number of pyridine rings is 1. The predicted molar refractivity (Wildman–Crippen MR) is 110 cm³/mol. The second-order valence-electron chi connectivity index (χ2n) is 6.61. The molecule has 10 heteroatoms. The Morgan fingerprint density at radius 3 is 2.66 bits per heavy atom. The molecule has 0 bridgehead atoms. The number of aromatic amines is 1. The van der Waals surface area contributed by atoms with E-state index in [2.05, 4.69) is 25.3 Å². The molecule has 1 N–H and O–H groups in total. The summed E-state index contributed by atoms with van der Waals surface area (Å²) in [6, 6.07) is 10.5. The van der Waals surface area contributed by atoms with E-state index in [1.165, 1.54) is 4.68 Å². The second-order valence-corrected chi connectivity index (χ2v) is 7.05. The zero-order valence-corrected chi connectivity index (χ0v) is 16.9. The minimum absolute atomic E-state index is 0.253. The van der Waals surface area contributed by atoms with Crippen LogP contribution in [0.25, 0.3) is 17.1 Å². The molecule has 1 unspecified atom stereocenters. The molecule has 148 valence electrons. The van der Waals surface area contributed by atoms with Crippen LogP contribution in [0.3, 0.4) is 0 Å². The summed E-state index contributed by atoms with van der Waals surface area (Å²) in [7, 11) is 3.77. The van der Waals surface area contributed by atoms with Crippen LogP contribution in [0.2, 0.25) is 5.02 Å². The fraction of sp³-hybridized carbons (Fsp3) is 0.211. The zero-order chi connectivity index (χ0) is 20.5. The lowest BCUT2D eigenvalue weighted by Gasteiger charge is -2.23. The molecule has 0 saturated heterocycles. The highest BCUT2D eigenvalue weighted by molar-refractivity contribution is 6.30. The third-order valence-electron chi connectivity index (χ3n) is 4.77. The lowest BCUT2D eigenvalue weighted by atomic mass is 10.2. The van der Waals surface area contributed by atoms with Crippen molar-refractivity contribution in [1.29, 1.82) is 0 Å². The second kappa shape index (κ2) is 7.51. The third-order valence-corrected chi connectivity index (χ3v) is 5.01. The highest BCUT2D eigenvalue weighted by atomic mass is 35.5. The Labute approximate surface area is 171 Å². The van der Waals surface area contributed by atoms with Gasteiger partial charge in [-0.1, -0.05) is 17.7 Å². The Bertz CT molecular complexity index is 1200. The number of rotatable bonds is 5. The van der Waals surface area contributed by atoms with E-state index in [0.717, 1.165) is 11.4 Å². The van der Waals surface area contributed by atoms with Crippen molar-refractivity contribution in [3.8, 4) is 17.1 Å². The predicted octanol–water partition coefficient (Wildman–Crippen LogP) is 2.60. The third kappa shape index (κ3) is 3.52. The van der Waals surface area contributed by atoms with E-state index in [1.54, 1.807) is 36.7 Å². The van der Waals surface area contributed by atoms with Crippen molar-refractivity contribution < 1.29 is 0 Å². The first-order chi connectivity index (χ1) is 14.0. The fourth-order valence-electron chi connectivity index (χ4n) is 3.05. The molecule has 0 aliphatic heterocycles. The lowest BCUT2D eigenvalue weighted by Crippen LogP contribution is -2.25. The molecule has 1 aromatic carbocycles. The topological polar surface area (TPSA) is 97.5 Å². The molecule has 4 rings (SSSR count). The van der Waals surface area contributed by atoms with Gasteiger partial charge in [0.25, 0.3) is 0 Å². The van der Waals surface area contributed by atoms with Gasteiger partial charge >= 0.3 is 5.69 Å². The maximum atomic E-state index is 12.4. The van der Waals surface area contributed by atoms with Gasteiger partial charge in [0.15, 0.2) is 11.6 Å². The summed E-state index contributed by atoms with van der Waals surface area (Å²) in [5, 5.41) is 13.6. The molecule has 29 heavy (non-hydrogen) atoms. The van der Waals surface area contributed by atoms with Gasteiger partial charge in [0, 0.05) is 37.1 Å². The van der Waals surface area contributed by atoms with E-state index in [9.17, 15) is 4.79 Å². The maximum absolute atomic E-state index is 12.4. The van der Waals surface area contributed by atoms with Crippen LogP contribution in [0.15, 0.2) is 53.6 Å². The van der Waals surface area contributed by atoms with E-state index in [-0.39, 0.29) is 11.7 Å². The van der Waals surface area contributed by atoms with Crippen LogP contribution < -0.4 is 10.6 Å². The standard InChI is InChI=1S/C19H19ClN8O/c1-12(16-22-19(29)28(25-16)15-6-4-5-14(20)11-15)26(2)18-24-23-17(27(18)3)13-7-9-21-10-8-13/h4-12H,1-3H3,(H,22,25,29). The summed E-state index contributed by atoms with van der Waals surface area (Å²) in [5.41, 5.74) is 1.18. The fourth-order valence-corrected chi connectivity index (χ4v) is 3.23. The molecule has 1 atom stereocenters. The van der Waals surface area contributed by atoms with Gasteiger partial charge < -0.3 is 4.90 Å². The number of benzene rings is 1. The largest absolute Gasteiger partial charge is 0.348 e. The monoisotopic (exact) mass is 410 g/mol. The highest BCUT2D eigenvalue weighted by Crippen LogP contribution is 2.25. The van der Waals surface area contributed by atoms with Crippen molar-refractivity contribution in [1.82, 2.24) is 34.5 Å². The van der Waals surface area contributed by atoms with E-state index in [1.807, 2.05) is 42.6 Å². The molecule has 0 aliphatic rings. The molecule has 0 aliphatic carbocycles. The van der Waals surface area contributed by atoms with Gasteiger partial charge in [0.05, 0.1) is 11.7 Å². The van der Waals surface area contributed by atoms with Crippen LogP contribution in [0.4, 0.5) is 5.95 Å². The quantitative estimate of drug-likeness (QED) is 0.543. The van der Waals surface area contributed by atoms with Crippen molar-refractivity contribution in [3.05, 3.63) is 70.1 Å². The van der Waals surface area contributed by atoms with Crippen molar-refractivity contribution in [3.63, 3.8) is 0 Å². The number of halogens is 1. The molecule has 0 spiro atoms. The summed E-state index contributed by atoms with van der Waals surface area (Å²) in [6.45, 7) is 1.93. The van der Waals surface area contributed by atoms with Crippen molar-refractivity contribution in [2.75, 3.05) is 11.9 Å². The first-order valence-corrected chi connectivity index (χ1v) is 9.31. The smallest absolute Gasteiger partial charge is 0.334 e. The average Bonchev–Trinajstić information content (AvgIpc) is 3.30. The molecular weight excluding hydrogens is 392 g/mol. The number of nitrogens with one attached hydrogen (secondary N) is 1. The van der Waals surface area contributed by atoms with Gasteiger partial charge in [0.1, 0.15) is 0 Å². The van der Waals surface area contributed by atoms with Gasteiger partial charge in [-0.15, -0.1) is 15.3 Å². The normalized spacial score (nSPS) is 12.1. The van der Waals surface area contributed by atoms with Gasteiger partial charge in [-0.2, -0.15) is 4.68 Å². The first kappa shape index (κ1) is 18.9. The van der Waals surface area contributed by atoms with Crippen molar-refractivity contribution in [2.24, 2.45) is 7.05 Å². The number of H-pyrrole nitrogens is 1. The molecule has 9 nitrogen and oxygen atoms in total. The number of hydrogen-bond acceptors (Lipinski definition) is 6. The van der Waals surface area contributed by atoms with Gasteiger partial charge in [0.2, 0.25) is 5.95 Å². The molecule has 3 aromatic heterocycles. The summed E-state index contributed by atoms with van der Waals surface area (Å²) in [4.78, 5) is 21.2. The van der Waals surface area contributed by atoms with Crippen LogP contribution >= 0.6 is 11.6 Å². The molecule has 0 radical (unpaired) electrons. The molecular formula is C19H19ClN8O. The minimum atomic E-state index is -0.335. The van der Waals surface area contributed by atoms with E-state index >= 15 is 0 Å². The van der Waals surface area contributed by atoms with Crippen LogP contribution in [-0.4, -0.2) is 41.6 Å². The first-order valence-electron chi connectivity index (χ1n) is 8.93. The molecule has 0 fully saturated rings. The van der Waals surface area contributed by atoms with Crippen molar-refractivity contribution in [2.45, 2.75) is 13.0 Å². The number of hydrogen-bond donors (Lipinski definition) is 1. The summed E-state index contributed by atoms with van der Waals surface area (Å²) < 4.78 is 3.18. The van der Waals surface area contributed by atoms with E-state index in [0.29, 0.717) is 22.5 Å². The van der Waals surface area contributed by atoms with Crippen LogP contribution in [0.5, 0.6) is 0 Å². The summed E-state index contributed by atoms with van der Waals surface area (Å²) >= 11 is 6.03. The Morgan fingerprint density at radius 2 is 1.93 bits per heavy atom. The zero-order valence-electron chi connectivity index (χ0n) is 16.1. The summed E-state index contributed by atoms with van der Waals surface area (Å²) in [6.07, 6.45) is 3.42. The lowest BCUT2D eigenvalue weighted by molar-refractivity contribution is 0.650. The van der Waals surface area contributed by atoms with Crippen LogP contribution in [0, 0.1) is 0 Å². The number of nitrogens with zero attached hydrogens (tertiary/aromatic N) is 7. The minimum Gasteiger partial charge on any atom is -0.334 e. The Kier molecular flexibility index (Phi) is 4.89. The SMILES string of the molecule is CC(c1nn(-c2cccc(Cl)c2)c(=O)[nH]1)N(C)c1nnc(-c2ccncc2)n1C. The molecule has 0 amide bonds. The maximum Gasteiger partial charge on any atom is 0.348 e. The Morgan fingerprint density at radius 1 is 1.17 bits per heavy atom. The highest BCUT2D eigenvalue weighted by Gasteiger charge is 2.23. The number of aromatic nitrogens is 7. The number of anilines is 1. The molecule has 4 aromatic rings. The molecule has 3 heterocycles.